The fourth-order valence-electron chi connectivity index (χ4n) is 2.94. The first-order chi connectivity index (χ1) is 9.41. The summed E-state index contributed by atoms with van der Waals surface area (Å²) in [7, 11) is 0. The standard InChI is InChI=1S/C17H29N3/c1-6-16(4)13-20(17(5,7-2)12-19-16)11-15-8-14(3)9-18-10-15/h8-10,19H,6-7,11-13H2,1-5H3. The summed E-state index contributed by atoms with van der Waals surface area (Å²) in [6.45, 7) is 14.5. The van der Waals surface area contributed by atoms with Crippen molar-refractivity contribution in [2.75, 3.05) is 13.1 Å². The van der Waals surface area contributed by atoms with Gasteiger partial charge in [-0.15, -0.1) is 0 Å². The average molecular weight is 275 g/mol. The molecule has 0 saturated carbocycles. The van der Waals surface area contributed by atoms with Crippen LogP contribution in [-0.4, -0.2) is 34.1 Å². The molecule has 2 heterocycles. The smallest absolute Gasteiger partial charge is 0.0313 e. The van der Waals surface area contributed by atoms with Gasteiger partial charge in [0.15, 0.2) is 0 Å². The van der Waals surface area contributed by atoms with E-state index >= 15 is 0 Å². The number of nitrogens with one attached hydrogen (secondary N) is 1. The molecule has 1 aromatic heterocycles. The minimum atomic E-state index is 0.228. The van der Waals surface area contributed by atoms with E-state index < -0.39 is 0 Å². The molecule has 2 rings (SSSR count). The van der Waals surface area contributed by atoms with Gasteiger partial charge in [-0.2, -0.15) is 0 Å². The molecular weight excluding hydrogens is 246 g/mol. The van der Waals surface area contributed by atoms with Gasteiger partial charge in [0, 0.05) is 43.1 Å². The molecule has 1 aliphatic rings. The molecule has 1 aromatic rings. The highest BCUT2D eigenvalue weighted by Crippen LogP contribution is 2.29. The van der Waals surface area contributed by atoms with E-state index in [0.29, 0.717) is 0 Å². The highest BCUT2D eigenvalue weighted by atomic mass is 15.3. The van der Waals surface area contributed by atoms with E-state index in [4.69, 9.17) is 0 Å². The van der Waals surface area contributed by atoms with Crippen LogP contribution in [0.3, 0.4) is 0 Å². The van der Waals surface area contributed by atoms with E-state index in [1.807, 2.05) is 12.4 Å². The highest BCUT2D eigenvalue weighted by molar-refractivity contribution is 5.17. The van der Waals surface area contributed by atoms with E-state index in [-0.39, 0.29) is 11.1 Å². The van der Waals surface area contributed by atoms with E-state index in [0.717, 1.165) is 26.1 Å². The van der Waals surface area contributed by atoms with E-state index in [9.17, 15) is 0 Å². The topological polar surface area (TPSA) is 28.2 Å². The normalized spacial score (nSPS) is 31.4. The Morgan fingerprint density at radius 3 is 2.60 bits per heavy atom. The second kappa shape index (κ2) is 5.82. The van der Waals surface area contributed by atoms with Crippen LogP contribution in [0.15, 0.2) is 18.5 Å². The van der Waals surface area contributed by atoms with E-state index in [1.54, 1.807) is 0 Å². The third-order valence-electron chi connectivity index (χ3n) is 5.05. The van der Waals surface area contributed by atoms with Crippen LogP contribution in [0, 0.1) is 6.92 Å². The van der Waals surface area contributed by atoms with Gasteiger partial charge in [0.25, 0.3) is 0 Å². The summed E-state index contributed by atoms with van der Waals surface area (Å²) in [6.07, 6.45) is 6.26. The minimum absolute atomic E-state index is 0.228. The van der Waals surface area contributed by atoms with Crippen LogP contribution in [-0.2, 0) is 6.54 Å². The number of pyridine rings is 1. The van der Waals surface area contributed by atoms with Gasteiger partial charge in [-0.3, -0.25) is 9.88 Å². The largest absolute Gasteiger partial charge is 0.308 e. The number of aromatic nitrogens is 1. The molecule has 2 atom stereocenters. The third kappa shape index (κ3) is 3.21. The van der Waals surface area contributed by atoms with E-state index in [2.05, 4.69) is 55.9 Å². The zero-order valence-corrected chi connectivity index (χ0v) is 13.7. The zero-order valence-electron chi connectivity index (χ0n) is 13.7. The van der Waals surface area contributed by atoms with Crippen LogP contribution in [0.25, 0.3) is 0 Å². The Morgan fingerprint density at radius 1 is 1.25 bits per heavy atom. The third-order valence-corrected chi connectivity index (χ3v) is 5.05. The Morgan fingerprint density at radius 2 is 2.00 bits per heavy atom. The average Bonchev–Trinajstić information content (AvgIpc) is 2.43. The number of aryl methyl sites for hydroxylation is 1. The molecule has 0 radical (unpaired) electrons. The summed E-state index contributed by atoms with van der Waals surface area (Å²) in [5, 5.41) is 3.76. The summed E-state index contributed by atoms with van der Waals surface area (Å²) < 4.78 is 0. The summed E-state index contributed by atoms with van der Waals surface area (Å²) in [4.78, 5) is 6.98. The van der Waals surface area contributed by atoms with Crippen LogP contribution in [0.4, 0.5) is 0 Å². The quantitative estimate of drug-likeness (QED) is 0.915. The molecule has 0 spiro atoms. The van der Waals surface area contributed by atoms with Crippen molar-refractivity contribution in [2.24, 2.45) is 0 Å². The molecule has 0 bridgehead atoms. The number of piperazine rings is 1. The van der Waals surface area contributed by atoms with Crippen molar-refractivity contribution < 1.29 is 0 Å². The molecule has 112 valence electrons. The first-order valence-electron chi connectivity index (χ1n) is 7.81. The summed E-state index contributed by atoms with van der Waals surface area (Å²) in [5.74, 6) is 0. The van der Waals surface area contributed by atoms with Crippen molar-refractivity contribution in [3.63, 3.8) is 0 Å². The molecule has 20 heavy (non-hydrogen) atoms. The number of hydrogen-bond donors (Lipinski definition) is 1. The molecular formula is C17H29N3. The van der Waals surface area contributed by atoms with E-state index in [1.165, 1.54) is 17.5 Å². The molecule has 1 fully saturated rings. The molecule has 0 aromatic carbocycles. The molecule has 3 nitrogen and oxygen atoms in total. The summed E-state index contributed by atoms with van der Waals surface area (Å²) >= 11 is 0. The summed E-state index contributed by atoms with van der Waals surface area (Å²) in [6, 6.07) is 2.26. The van der Waals surface area contributed by atoms with Gasteiger partial charge >= 0.3 is 0 Å². The highest BCUT2D eigenvalue weighted by Gasteiger charge is 2.40. The van der Waals surface area contributed by atoms with Crippen molar-refractivity contribution >= 4 is 0 Å². The van der Waals surface area contributed by atoms with Crippen LogP contribution in [0.1, 0.15) is 51.7 Å². The first kappa shape index (κ1) is 15.5. The Kier molecular flexibility index (Phi) is 4.50. The lowest BCUT2D eigenvalue weighted by molar-refractivity contribution is 0.0104. The second-order valence-corrected chi connectivity index (χ2v) is 6.84. The van der Waals surface area contributed by atoms with Crippen LogP contribution in [0.2, 0.25) is 0 Å². The van der Waals surface area contributed by atoms with Crippen LogP contribution < -0.4 is 5.32 Å². The number of nitrogens with zero attached hydrogens (tertiary/aromatic N) is 2. The molecule has 3 heteroatoms. The van der Waals surface area contributed by atoms with Gasteiger partial charge in [-0.1, -0.05) is 19.9 Å². The van der Waals surface area contributed by atoms with Gasteiger partial charge in [-0.25, -0.2) is 0 Å². The fourth-order valence-corrected chi connectivity index (χ4v) is 2.94. The molecule has 1 saturated heterocycles. The van der Waals surface area contributed by atoms with Crippen molar-refractivity contribution in [2.45, 2.75) is 65.1 Å². The Hall–Kier alpha value is -0.930. The van der Waals surface area contributed by atoms with Crippen molar-refractivity contribution in [1.82, 2.24) is 15.2 Å². The van der Waals surface area contributed by atoms with Gasteiger partial charge in [-0.05, 0) is 44.7 Å². The van der Waals surface area contributed by atoms with Crippen LogP contribution in [0.5, 0.6) is 0 Å². The lowest BCUT2D eigenvalue weighted by Crippen LogP contribution is -2.67. The van der Waals surface area contributed by atoms with Gasteiger partial charge in [0.2, 0.25) is 0 Å². The Labute approximate surface area is 123 Å². The molecule has 1 N–H and O–H groups in total. The lowest BCUT2D eigenvalue weighted by Gasteiger charge is -2.52. The van der Waals surface area contributed by atoms with Crippen LogP contribution >= 0.6 is 0 Å². The van der Waals surface area contributed by atoms with Gasteiger partial charge in [0.1, 0.15) is 0 Å². The molecule has 2 unspecified atom stereocenters. The van der Waals surface area contributed by atoms with Gasteiger partial charge in [0.05, 0.1) is 0 Å². The van der Waals surface area contributed by atoms with Crippen molar-refractivity contribution in [3.05, 3.63) is 29.6 Å². The molecule has 1 aliphatic heterocycles. The maximum Gasteiger partial charge on any atom is 0.0313 e. The van der Waals surface area contributed by atoms with Crippen molar-refractivity contribution in [3.8, 4) is 0 Å². The minimum Gasteiger partial charge on any atom is -0.308 e. The predicted octanol–water partition coefficient (Wildman–Crippen LogP) is 3.13. The Bertz CT molecular complexity index is 459. The molecule has 0 aliphatic carbocycles. The lowest BCUT2D eigenvalue weighted by atomic mass is 9.85. The fraction of sp³-hybridized carbons (Fsp3) is 0.706. The zero-order chi connectivity index (χ0) is 14.8. The Balaban J connectivity index is 2.20. The second-order valence-electron chi connectivity index (χ2n) is 6.84. The molecule has 0 amide bonds. The number of hydrogen-bond acceptors (Lipinski definition) is 3. The first-order valence-corrected chi connectivity index (χ1v) is 7.81. The summed E-state index contributed by atoms with van der Waals surface area (Å²) in [5.41, 5.74) is 3.03. The monoisotopic (exact) mass is 275 g/mol. The van der Waals surface area contributed by atoms with Crippen molar-refractivity contribution in [1.29, 1.82) is 0 Å². The SMILES string of the molecule is CCC1(C)CN(Cc2cncc(C)c2)C(C)(CC)CN1. The maximum absolute atomic E-state index is 4.34. The van der Waals surface area contributed by atoms with Gasteiger partial charge < -0.3 is 5.32 Å². The maximum atomic E-state index is 4.34. The number of rotatable bonds is 4. The predicted molar refractivity (Wildman–Crippen MR) is 84.8 cm³/mol.